The monoisotopic (exact) mass is 627 g/mol. The second-order valence-electron chi connectivity index (χ2n) is 9.99. The van der Waals surface area contributed by atoms with E-state index in [1.54, 1.807) is 77.8 Å². The van der Waals surface area contributed by atoms with E-state index in [0.717, 1.165) is 16.5 Å². The van der Waals surface area contributed by atoms with E-state index in [1.165, 1.54) is 0 Å². The summed E-state index contributed by atoms with van der Waals surface area (Å²) in [6.07, 6.45) is 3.28. The van der Waals surface area contributed by atoms with E-state index in [2.05, 4.69) is 15.6 Å². The Labute approximate surface area is 262 Å². The quantitative estimate of drug-likeness (QED) is 0.172. The van der Waals surface area contributed by atoms with Crippen molar-refractivity contribution < 1.29 is 9.90 Å². The largest absolute Gasteiger partial charge is 0.374 e. The number of rotatable bonds is 6. The first-order chi connectivity index (χ1) is 20.7. The first-order valence-electron chi connectivity index (χ1n) is 13.2. The first kappa shape index (κ1) is 28.7. The molecule has 0 fully saturated rings. The van der Waals surface area contributed by atoms with Crippen molar-refractivity contribution in [3.05, 3.63) is 141 Å². The van der Waals surface area contributed by atoms with Gasteiger partial charge in [0, 0.05) is 33.2 Å². The molecular weight excluding hydrogens is 605 g/mol. The molecule has 6 aromatic rings. The minimum absolute atomic E-state index is 0.328. The molecule has 0 aliphatic heterocycles. The third kappa shape index (κ3) is 5.81. The maximum absolute atomic E-state index is 12.9. The Morgan fingerprint density at radius 1 is 0.814 bits per heavy atom. The molecule has 0 spiro atoms. The van der Waals surface area contributed by atoms with E-state index in [4.69, 9.17) is 39.8 Å². The molecule has 10 heteroatoms. The topological polar surface area (TPSA) is 92.1 Å². The normalized spacial score (nSPS) is 12.6. The van der Waals surface area contributed by atoms with E-state index in [0.29, 0.717) is 48.9 Å². The molecule has 2 amide bonds. The van der Waals surface area contributed by atoms with Crippen molar-refractivity contribution >= 4 is 63.2 Å². The van der Waals surface area contributed by atoms with Crippen LogP contribution in [0.25, 0.3) is 22.0 Å². The van der Waals surface area contributed by atoms with Gasteiger partial charge in [0.2, 0.25) is 0 Å². The smallest absolute Gasteiger partial charge is 0.324 e. The van der Waals surface area contributed by atoms with Gasteiger partial charge in [-0.05, 0) is 82.9 Å². The number of hydrogen-bond acceptors (Lipinski definition) is 4. The number of pyridine rings is 1. The molecule has 2 aromatic heterocycles. The van der Waals surface area contributed by atoms with Crippen molar-refractivity contribution in [3.8, 4) is 11.1 Å². The van der Waals surface area contributed by atoms with Gasteiger partial charge in [0.15, 0.2) is 5.60 Å². The van der Waals surface area contributed by atoms with Crippen LogP contribution >= 0.6 is 34.8 Å². The molecular formula is C33H24Cl3N5O2. The maximum atomic E-state index is 12.9. The van der Waals surface area contributed by atoms with Crippen molar-refractivity contribution in [2.75, 3.05) is 10.6 Å². The van der Waals surface area contributed by atoms with Crippen LogP contribution in [0.2, 0.25) is 15.1 Å². The molecule has 0 saturated carbocycles. The van der Waals surface area contributed by atoms with Gasteiger partial charge >= 0.3 is 6.03 Å². The Hall–Kier alpha value is -4.40. The molecule has 2 heterocycles. The summed E-state index contributed by atoms with van der Waals surface area (Å²) in [4.78, 5) is 21.9. The van der Waals surface area contributed by atoms with Crippen LogP contribution in [0.4, 0.5) is 16.3 Å². The van der Waals surface area contributed by atoms with Crippen molar-refractivity contribution in [2.24, 2.45) is 7.05 Å². The van der Waals surface area contributed by atoms with E-state index in [-0.39, 0.29) is 0 Å². The number of nitrogens with one attached hydrogen (secondary N) is 2. The van der Waals surface area contributed by atoms with E-state index in [1.807, 2.05) is 43.4 Å². The number of carbonyl (C=O) groups excluding carboxylic acids is 1. The second kappa shape index (κ2) is 11.7. The number of amides is 2. The average molecular weight is 629 g/mol. The number of nitrogens with zero attached hydrogens (tertiary/aromatic N) is 3. The van der Waals surface area contributed by atoms with Crippen LogP contribution < -0.4 is 10.6 Å². The van der Waals surface area contributed by atoms with Crippen LogP contribution in [0, 0.1) is 0 Å². The summed E-state index contributed by atoms with van der Waals surface area (Å²) >= 11 is 18.6. The Morgan fingerprint density at radius 2 is 1.53 bits per heavy atom. The van der Waals surface area contributed by atoms with Gasteiger partial charge in [-0.15, -0.1) is 0 Å². The number of imidazole rings is 1. The lowest BCUT2D eigenvalue weighted by Crippen LogP contribution is -2.31. The Morgan fingerprint density at radius 3 is 2.23 bits per heavy atom. The number of benzene rings is 4. The number of urea groups is 1. The molecule has 0 bridgehead atoms. The summed E-state index contributed by atoms with van der Waals surface area (Å²) in [5, 5.41) is 20.4. The van der Waals surface area contributed by atoms with Crippen LogP contribution in [0.3, 0.4) is 0 Å². The lowest BCUT2D eigenvalue weighted by atomic mass is 9.82. The molecule has 1 atom stereocenters. The van der Waals surface area contributed by atoms with Crippen molar-refractivity contribution in [3.63, 3.8) is 0 Å². The third-order valence-electron chi connectivity index (χ3n) is 7.14. The highest BCUT2D eigenvalue weighted by Crippen LogP contribution is 2.40. The summed E-state index contributed by atoms with van der Waals surface area (Å²) in [5.41, 5.74) is 2.93. The number of aromatic nitrogens is 3. The fourth-order valence-electron chi connectivity index (χ4n) is 5.11. The first-order valence-corrected chi connectivity index (χ1v) is 14.3. The number of anilines is 2. The van der Waals surface area contributed by atoms with Gasteiger partial charge in [-0.1, -0.05) is 71.2 Å². The van der Waals surface area contributed by atoms with Gasteiger partial charge in [-0.2, -0.15) is 0 Å². The Bertz CT molecular complexity index is 1980. The highest BCUT2D eigenvalue weighted by molar-refractivity contribution is 6.31. The fraction of sp³-hybridized carbons (Fsp3) is 0.0606. The van der Waals surface area contributed by atoms with Gasteiger partial charge in [0.1, 0.15) is 5.82 Å². The van der Waals surface area contributed by atoms with E-state index >= 15 is 0 Å². The summed E-state index contributed by atoms with van der Waals surface area (Å²) < 4.78 is 1.78. The zero-order chi connectivity index (χ0) is 30.1. The number of aryl methyl sites for hydroxylation is 1. The molecule has 1 unspecified atom stereocenters. The zero-order valence-electron chi connectivity index (χ0n) is 22.7. The van der Waals surface area contributed by atoms with Gasteiger partial charge in [-0.25, -0.2) is 14.8 Å². The molecule has 0 aliphatic rings. The van der Waals surface area contributed by atoms with Crippen molar-refractivity contribution in [1.29, 1.82) is 0 Å². The number of aliphatic hydroxyl groups is 1. The molecule has 43 heavy (non-hydrogen) atoms. The molecule has 7 nitrogen and oxygen atoms in total. The maximum Gasteiger partial charge on any atom is 0.324 e. The van der Waals surface area contributed by atoms with Crippen molar-refractivity contribution in [1.82, 2.24) is 14.5 Å². The van der Waals surface area contributed by atoms with Crippen LogP contribution in [0.5, 0.6) is 0 Å². The van der Waals surface area contributed by atoms with Gasteiger partial charge in [-0.3, -0.25) is 5.32 Å². The third-order valence-corrected chi connectivity index (χ3v) is 7.86. The van der Waals surface area contributed by atoms with E-state index in [9.17, 15) is 9.90 Å². The van der Waals surface area contributed by atoms with E-state index < -0.39 is 11.6 Å². The lowest BCUT2D eigenvalue weighted by molar-refractivity contribution is 0.117. The molecule has 0 radical (unpaired) electrons. The number of halogens is 3. The average Bonchev–Trinajstić information content (AvgIpc) is 3.42. The number of fused-ring (bicyclic) bond motifs is 1. The summed E-state index contributed by atoms with van der Waals surface area (Å²) in [6, 6.07) is 28.2. The number of carbonyl (C=O) groups is 1. The van der Waals surface area contributed by atoms with Crippen molar-refractivity contribution in [2.45, 2.75) is 5.60 Å². The standard InChI is InChI=1S/C33H24Cl3N5O2/c1-41-19-37-18-30(41)33(43,21-8-11-23(34)12-9-21)22-10-13-29-28(15-22)27(20-4-2-5-24(35)14-20)17-31(39-29)40-32(42)38-26-7-3-6-25(36)16-26/h2-19,43H,1H3,(H2,38,39,40,42). The molecule has 6 rings (SSSR count). The lowest BCUT2D eigenvalue weighted by Gasteiger charge is -2.30. The van der Waals surface area contributed by atoms with Crippen LogP contribution in [0.1, 0.15) is 16.8 Å². The van der Waals surface area contributed by atoms with Crippen LogP contribution in [-0.4, -0.2) is 25.7 Å². The van der Waals surface area contributed by atoms with Crippen LogP contribution in [0.15, 0.2) is 110 Å². The van der Waals surface area contributed by atoms with Crippen LogP contribution in [-0.2, 0) is 12.6 Å². The summed E-state index contributed by atoms with van der Waals surface area (Å²) in [5.74, 6) is 0.328. The van der Waals surface area contributed by atoms with Gasteiger partial charge in [0.05, 0.1) is 23.7 Å². The Balaban J connectivity index is 1.49. The highest BCUT2D eigenvalue weighted by Gasteiger charge is 2.37. The second-order valence-corrected chi connectivity index (χ2v) is 11.3. The van der Waals surface area contributed by atoms with Gasteiger partial charge < -0.3 is 15.0 Å². The molecule has 0 aliphatic carbocycles. The summed E-state index contributed by atoms with van der Waals surface area (Å²) in [7, 11) is 1.83. The number of hydrogen-bond donors (Lipinski definition) is 3. The highest BCUT2D eigenvalue weighted by atomic mass is 35.5. The minimum atomic E-state index is -1.57. The zero-order valence-corrected chi connectivity index (χ0v) is 25.0. The molecule has 214 valence electrons. The SMILES string of the molecule is Cn1cncc1C(O)(c1ccc(Cl)cc1)c1ccc2nc(NC(=O)Nc3cccc(Cl)c3)cc(-c3cccc(Cl)c3)c2c1. The Kier molecular flexibility index (Phi) is 7.81. The molecule has 0 saturated heterocycles. The predicted octanol–water partition coefficient (Wildman–Crippen LogP) is 8.52. The predicted molar refractivity (Wildman–Crippen MR) is 173 cm³/mol. The molecule has 4 aromatic carbocycles. The fourth-order valence-corrected chi connectivity index (χ4v) is 5.62. The summed E-state index contributed by atoms with van der Waals surface area (Å²) in [6.45, 7) is 0. The van der Waals surface area contributed by atoms with Gasteiger partial charge in [0.25, 0.3) is 0 Å². The molecule has 3 N–H and O–H groups in total. The minimum Gasteiger partial charge on any atom is -0.374 e.